The summed E-state index contributed by atoms with van der Waals surface area (Å²) < 4.78 is 5.83. The van der Waals surface area contributed by atoms with Gasteiger partial charge >= 0.3 is 5.97 Å². The van der Waals surface area contributed by atoms with E-state index in [4.69, 9.17) is 4.74 Å². The molecule has 1 heterocycles. The van der Waals surface area contributed by atoms with Gasteiger partial charge < -0.3 is 4.74 Å². The SMILES string of the molecule is CCCCC[C@H]1OC(=O)CC[C@H]1I. The second-order valence-corrected chi connectivity index (χ2v) is 5.18. The lowest BCUT2D eigenvalue weighted by Crippen LogP contribution is -2.32. The zero-order chi connectivity index (χ0) is 9.68. The zero-order valence-corrected chi connectivity index (χ0v) is 10.2. The highest BCUT2D eigenvalue weighted by Gasteiger charge is 2.27. The van der Waals surface area contributed by atoms with Crippen molar-refractivity contribution >= 4 is 28.6 Å². The Morgan fingerprint density at radius 3 is 3.00 bits per heavy atom. The lowest BCUT2D eigenvalue weighted by atomic mass is 10.0. The van der Waals surface area contributed by atoms with Crippen molar-refractivity contribution in [3.8, 4) is 0 Å². The molecular formula is C10H17IO2. The molecule has 0 aromatic carbocycles. The molecule has 0 aromatic rings. The van der Waals surface area contributed by atoms with E-state index in [1.165, 1.54) is 19.3 Å². The minimum Gasteiger partial charge on any atom is -0.461 e. The summed E-state index contributed by atoms with van der Waals surface area (Å²) in [6.07, 6.45) is 6.51. The topological polar surface area (TPSA) is 26.3 Å². The van der Waals surface area contributed by atoms with Crippen molar-refractivity contribution in [1.29, 1.82) is 0 Å². The molecule has 0 aromatic heterocycles. The summed E-state index contributed by atoms with van der Waals surface area (Å²) in [6, 6.07) is 0. The van der Waals surface area contributed by atoms with Crippen LogP contribution in [0.2, 0.25) is 0 Å². The summed E-state index contributed by atoms with van der Waals surface area (Å²) >= 11 is 2.40. The van der Waals surface area contributed by atoms with Gasteiger partial charge in [0.2, 0.25) is 0 Å². The Morgan fingerprint density at radius 1 is 1.54 bits per heavy atom. The molecule has 2 atom stereocenters. The molecule has 0 unspecified atom stereocenters. The highest BCUT2D eigenvalue weighted by Crippen LogP contribution is 2.26. The number of ether oxygens (including phenoxy) is 1. The number of carbonyl (C=O) groups is 1. The maximum atomic E-state index is 11.0. The molecule has 1 fully saturated rings. The lowest BCUT2D eigenvalue weighted by molar-refractivity contribution is -0.153. The van der Waals surface area contributed by atoms with Gasteiger partial charge in [0.15, 0.2) is 0 Å². The number of carbonyl (C=O) groups excluding carboxylic acids is 1. The van der Waals surface area contributed by atoms with Crippen LogP contribution in [-0.2, 0) is 9.53 Å². The van der Waals surface area contributed by atoms with E-state index in [1.807, 2.05) is 0 Å². The third kappa shape index (κ3) is 3.83. The molecule has 1 saturated heterocycles. The number of hydrogen-bond acceptors (Lipinski definition) is 2. The number of hydrogen-bond donors (Lipinski definition) is 0. The molecule has 0 bridgehead atoms. The molecule has 1 rings (SSSR count). The van der Waals surface area contributed by atoms with Crippen LogP contribution in [0.1, 0.15) is 45.4 Å². The number of rotatable bonds is 4. The Morgan fingerprint density at radius 2 is 2.31 bits per heavy atom. The third-order valence-corrected chi connectivity index (χ3v) is 3.83. The normalized spacial score (nSPS) is 28.6. The van der Waals surface area contributed by atoms with Crippen LogP contribution in [0.5, 0.6) is 0 Å². The quantitative estimate of drug-likeness (QED) is 0.345. The van der Waals surface area contributed by atoms with Crippen LogP contribution < -0.4 is 0 Å². The predicted octanol–water partition coefficient (Wildman–Crippen LogP) is 3.08. The summed E-state index contributed by atoms with van der Waals surface area (Å²) in [5.41, 5.74) is 0. The summed E-state index contributed by atoms with van der Waals surface area (Å²) in [5, 5.41) is 0. The molecule has 2 nitrogen and oxygen atoms in total. The van der Waals surface area contributed by atoms with E-state index in [2.05, 4.69) is 29.5 Å². The molecule has 1 aliphatic heterocycles. The molecule has 76 valence electrons. The fourth-order valence-corrected chi connectivity index (χ4v) is 2.40. The van der Waals surface area contributed by atoms with Crippen molar-refractivity contribution in [1.82, 2.24) is 0 Å². The largest absolute Gasteiger partial charge is 0.461 e. The third-order valence-electron chi connectivity index (χ3n) is 2.40. The lowest BCUT2D eigenvalue weighted by Gasteiger charge is -2.27. The van der Waals surface area contributed by atoms with Gasteiger partial charge in [0.25, 0.3) is 0 Å². The van der Waals surface area contributed by atoms with Crippen molar-refractivity contribution in [2.75, 3.05) is 0 Å². The Hall–Kier alpha value is 0.200. The van der Waals surface area contributed by atoms with Crippen LogP contribution in [0.3, 0.4) is 0 Å². The van der Waals surface area contributed by atoms with Crippen molar-refractivity contribution in [2.24, 2.45) is 0 Å². The average Bonchev–Trinajstić information content (AvgIpc) is 2.11. The van der Waals surface area contributed by atoms with Gasteiger partial charge in [-0.15, -0.1) is 0 Å². The molecule has 0 aliphatic carbocycles. The van der Waals surface area contributed by atoms with Crippen LogP contribution in [0.4, 0.5) is 0 Å². The van der Waals surface area contributed by atoms with Gasteiger partial charge in [-0.2, -0.15) is 0 Å². The molecular weight excluding hydrogens is 279 g/mol. The first-order chi connectivity index (χ1) is 6.24. The van der Waals surface area contributed by atoms with Crippen molar-refractivity contribution < 1.29 is 9.53 Å². The molecule has 0 N–H and O–H groups in total. The van der Waals surface area contributed by atoms with Gasteiger partial charge in [-0.3, -0.25) is 4.79 Å². The van der Waals surface area contributed by atoms with E-state index < -0.39 is 0 Å². The number of cyclic esters (lactones) is 1. The van der Waals surface area contributed by atoms with Crippen molar-refractivity contribution in [2.45, 2.75) is 55.5 Å². The molecule has 0 amide bonds. The molecule has 0 spiro atoms. The van der Waals surface area contributed by atoms with E-state index in [0.717, 1.165) is 12.8 Å². The molecule has 0 radical (unpaired) electrons. The fourth-order valence-electron chi connectivity index (χ4n) is 1.58. The number of esters is 1. The highest BCUT2D eigenvalue weighted by molar-refractivity contribution is 14.1. The van der Waals surface area contributed by atoms with Crippen LogP contribution in [0.15, 0.2) is 0 Å². The van der Waals surface area contributed by atoms with E-state index in [-0.39, 0.29) is 12.1 Å². The van der Waals surface area contributed by atoms with Gasteiger partial charge in [-0.05, 0) is 19.3 Å². The smallest absolute Gasteiger partial charge is 0.306 e. The summed E-state index contributed by atoms with van der Waals surface area (Å²) in [6.45, 7) is 2.19. The van der Waals surface area contributed by atoms with E-state index in [9.17, 15) is 4.79 Å². The van der Waals surface area contributed by atoms with E-state index in [0.29, 0.717) is 10.3 Å². The Labute approximate surface area is 93.6 Å². The van der Waals surface area contributed by atoms with E-state index >= 15 is 0 Å². The van der Waals surface area contributed by atoms with Gasteiger partial charge in [-0.1, -0.05) is 42.4 Å². The van der Waals surface area contributed by atoms with Crippen molar-refractivity contribution in [3.05, 3.63) is 0 Å². The van der Waals surface area contributed by atoms with Crippen molar-refractivity contribution in [3.63, 3.8) is 0 Å². The standard InChI is InChI=1S/C10H17IO2/c1-2-3-4-5-9-8(11)6-7-10(12)13-9/h8-9H,2-7H2,1H3/t8-,9-/m1/s1. The second kappa shape index (κ2) is 5.83. The fraction of sp³-hybridized carbons (Fsp3) is 0.900. The molecule has 13 heavy (non-hydrogen) atoms. The van der Waals surface area contributed by atoms with Gasteiger partial charge in [-0.25, -0.2) is 0 Å². The Kier molecular flexibility index (Phi) is 5.06. The second-order valence-electron chi connectivity index (χ2n) is 3.58. The molecule has 0 saturated carbocycles. The van der Waals surface area contributed by atoms with E-state index in [1.54, 1.807) is 0 Å². The summed E-state index contributed by atoms with van der Waals surface area (Å²) in [5.74, 6) is -0.00517. The first-order valence-electron chi connectivity index (χ1n) is 5.07. The number of halogens is 1. The monoisotopic (exact) mass is 296 g/mol. The zero-order valence-electron chi connectivity index (χ0n) is 8.09. The number of unbranched alkanes of at least 4 members (excludes halogenated alkanes) is 2. The van der Waals surface area contributed by atoms with Crippen LogP contribution >= 0.6 is 22.6 Å². The summed E-state index contributed by atoms with van der Waals surface area (Å²) in [7, 11) is 0. The Bertz CT molecular complexity index is 170. The van der Waals surface area contributed by atoms with Crippen LogP contribution in [-0.4, -0.2) is 16.0 Å². The van der Waals surface area contributed by atoms with Gasteiger partial charge in [0.1, 0.15) is 6.10 Å². The highest BCUT2D eigenvalue weighted by atomic mass is 127. The predicted molar refractivity (Wildman–Crippen MR) is 61.1 cm³/mol. The summed E-state index contributed by atoms with van der Waals surface area (Å²) in [4.78, 5) is 11.0. The average molecular weight is 296 g/mol. The minimum atomic E-state index is -0.00517. The maximum Gasteiger partial charge on any atom is 0.306 e. The first-order valence-corrected chi connectivity index (χ1v) is 6.32. The van der Waals surface area contributed by atoms with Gasteiger partial charge in [0.05, 0.1) is 0 Å². The molecule has 1 aliphatic rings. The number of alkyl halides is 1. The molecule has 3 heteroatoms. The van der Waals surface area contributed by atoms with Crippen LogP contribution in [0, 0.1) is 0 Å². The minimum absolute atomic E-state index is 0.00517. The van der Waals surface area contributed by atoms with Crippen LogP contribution in [0.25, 0.3) is 0 Å². The first kappa shape index (κ1) is 11.3. The maximum absolute atomic E-state index is 11.0. The van der Waals surface area contributed by atoms with Gasteiger partial charge in [0, 0.05) is 10.3 Å². The Balaban J connectivity index is 2.25.